The van der Waals surface area contributed by atoms with Crippen molar-refractivity contribution in [3.8, 4) is 5.69 Å². The van der Waals surface area contributed by atoms with Crippen molar-refractivity contribution in [1.82, 2.24) is 14.7 Å². The van der Waals surface area contributed by atoms with E-state index in [1.54, 1.807) is 16.8 Å². The van der Waals surface area contributed by atoms with Gasteiger partial charge < -0.3 is 9.64 Å². The zero-order chi connectivity index (χ0) is 21.4. The highest BCUT2D eigenvalue weighted by Gasteiger charge is 2.29. The molecule has 1 aliphatic rings. The lowest BCUT2D eigenvalue weighted by atomic mass is 10.0. The maximum absolute atomic E-state index is 12.7. The van der Waals surface area contributed by atoms with E-state index in [0.29, 0.717) is 32.5 Å². The number of hydrogen-bond donors (Lipinski definition) is 1. The van der Waals surface area contributed by atoms with Crippen LogP contribution in [0.15, 0.2) is 29.2 Å². The molecule has 1 aromatic heterocycles. The predicted octanol–water partition coefficient (Wildman–Crippen LogP) is 1.71. The molecule has 3 rings (SSSR count). The summed E-state index contributed by atoms with van der Waals surface area (Å²) >= 11 is 0. The predicted molar refractivity (Wildman–Crippen MR) is 109 cm³/mol. The van der Waals surface area contributed by atoms with E-state index in [0.717, 1.165) is 22.6 Å². The summed E-state index contributed by atoms with van der Waals surface area (Å²) in [4.78, 5) is 14.6. The van der Waals surface area contributed by atoms with E-state index < -0.39 is 10.0 Å². The summed E-state index contributed by atoms with van der Waals surface area (Å²) in [5.41, 5.74) is 3.24. The smallest absolute Gasteiger partial charge is 0.238 e. The second-order valence-electron chi connectivity index (χ2n) is 8.02. The highest BCUT2D eigenvalue weighted by Crippen LogP contribution is 2.22. The minimum atomic E-state index is -3.73. The third kappa shape index (κ3) is 4.85. The second kappa shape index (κ2) is 7.89. The number of ether oxygens (including phenoxy) is 1. The van der Waals surface area contributed by atoms with Crippen molar-refractivity contribution in [2.75, 3.05) is 19.7 Å². The quantitative estimate of drug-likeness (QED) is 0.792. The molecule has 2 aromatic rings. The monoisotopic (exact) mass is 420 g/mol. The fourth-order valence-electron chi connectivity index (χ4n) is 3.68. The second-order valence-corrected chi connectivity index (χ2v) is 9.58. The van der Waals surface area contributed by atoms with Crippen LogP contribution in [0, 0.1) is 13.8 Å². The first-order chi connectivity index (χ1) is 13.5. The van der Waals surface area contributed by atoms with Crippen molar-refractivity contribution >= 4 is 15.9 Å². The topological polar surface area (TPSA) is 108 Å². The summed E-state index contributed by atoms with van der Waals surface area (Å²) in [6, 6.07) is 6.27. The number of hydrogen-bond acceptors (Lipinski definition) is 5. The number of amides is 1. The standard InChI is InChI=1S/C20H28N4O4S/c1-14-18(9-10-19(25)23-11-12-28-20(3,4)13-23)15(2)24(22-14)16-5-7-17(8-6-16)29(21,26)27/h5-8H,9-13H2,1-4H3,(H2,21,26,27). The number of primary sulfonamides is 1. The van der Waals surface area contributed by atoms with Gasteiger partial charge in [0.15, 0.2) is 0 Å². The minimum absolute atomic E-state index is 0.0574. The van der Waals surface area contributed by atoms with Crippen molar-refractivity contribution in [2.45, 2.75) is 51.0 Å². The third-order valence-corrected chi connectivity index (χ3v) is 6.15. The number of morpholine rings is 1. The van der Waals surface area contributed by atoms with E-state index in [1.807, 2.05) is 32.6 Å². The fourth-order valence-corrected chi connectivity index (χ4v) is 4.20. The highest BCUT2D eigenvalue weighted by molar-refractivity contribution is 7.89. The van der Waals surface area contributed by atoms with Crippen LogP contribution in [0.5, 0.6) is 0 Å². The Morgan fingerprint density at radius 1 is 1.24 bits per heavy atom. The lowest BCUT2D eigenvalue weighted by Crippen LogP contribution is -2.50. The Bertz CT molecular complexity index is 1010. The van der Waals surface area contributed by atoms with E-state index >= 15 is 0 Å². The van der Waals surface area contributed by atoms with Gasteiger partial charge in [-0.1, -0.05) is 0 Å². The Morgan fingerprint density at radius 2 is 1.90 bits per heavy atom. The van der Waals surface area contributed by atoms with Crippen LogP contribution in [0.25, 0.3) is 5.69 Å². The summed E-state index contributed by atoms with van der Waals surface area (Å²) in [6.45, 7) is 9.63. The minimum Gasteiger partial charge on any atom is -0.372 e. The van der Waals surface area contributed by atoms with Gasteiger partial charge >= 0.3 is 0 Å². The van der Waals surface area contributed by atoms with E-state index in [9.17, 15) is 13.2 Å². The number of carbonyl (C=O) groups excluding carboxylic acids is 1. The Kier molecular flexibility index (Phi) is 5.84. The Hall–Kier alpha value is -2.23. The molecule has 2 heterocycles. The maximum Gasteiger partial charge on any atom is 0.238 e. The first kappa shape index (κ1) is 21.5. The van der Waals surface area contributed by atoms with Gasteiger partial charge in [0.25, 0.3) is 0 Å². The molecule has 0 atom stereocenters. The molecule has 0 radical (unpaired) electrons. The number of benzene rings is 1. The molecule has 1 amide bonds. The van der Waals surface area contributed by atoms with Gasteiger partial charge in [-0.3, -0.25) is 4.79 Å². The van der Waals surface area contributed by atoms with Crippen LogP contribution in [0.4, 0.5) is 0 Å². The molecular formula is C20H28N4O4S. The van der Waals surface area contributed by atoms with Crippen LogP contribution < -0.4 is 5.14 Å². The molecule has 158 valence electrons. The van der Waals surface area contributed by atoms with Gasteiger partial charge in [0.2, 0.25) is 15.9 Å². The summed E-state index contributed by atoms with van der Waals surface area (Å²) in [6.07, 6.45) is 1.01. The summed E-state index contributed by atoms with van der Waals surface area (Å²) < 4.78 is 30.3. The fraction of sp³-hybridized carbons (Fsp3) is 0.500. The lowest BCUT2D eigenvalue weighted by Gasteiger charge is -2.38. The number of nitrogens with two attached hydrogens (primary N) is 1. The first-order valence-corrected chi connectivity index (χ1v) is 11.1. The van der Waals surface area contributed by atoms with Crippen LogP contribution in [0.2, 0.25) is 0 Å². The molecule has 1 fully saturated rings. The number of sulfonamides is 1. The van der Waals surface area contributed by atoms with Crippen LogP contribution in [0.1, 0.15) is 37.2 Å². The van der Waals surface area contributed by atoms with Gasteiger partial charge in [0.1, 0.15) is 0 Å². The van der Waals surface area contributed by atoms with Gasteiger partial charge in [-0.15, -0.1) is 0 Å². The summed E-state index contributed by atoms with van der Waals surface area (Å²) in [5.74, 6) is 0.116. The van der Waals surface area contributed by atoms with Crippen molar-refractivity contribution < 1.29 is 17.9 Å². The number of rotatable bonds is 5. The third-order valence-electron chi connectivity index (χ3n) is 5.22. The van der Waals surface area contributed by atoms with Gasteiger partial charge in [0, 0.05) is 25.2 Å². The van der Waals surface area contributed by atoms with Gasteiger partial charge in [-0.05, 0) is 63.9 Å². The van der Waals surface area contributed by atoms with Crippen LogP contribution in [-0.4, -0.2) is 54.3 Å². The summed E-state index contributed by atoms with van der Waals surface area (Å²) in [7, 11) is -3.73. The van der Waals surface area contributed by atoms with E-state index in [-0.39, 0.29) is 16.4 Å². The van der Waals surface area contributed by atoms with Gasteiger partial charge in [-0.2, -0.15) is 5.10 Å². The normalized spacial score (nSPS) is 16.8. The number of aryl methyl sites for hydroxylation is 1. The average molecular weight is 421 g/mol. The average Bonchev–Trinajstić information content (AvgIpc) is 2.92. The molecule has 0 aliphatic carbocycles. The Morgan fingerprint density at radius 3 is 2.48 bits per heavy atom. The van der Waals surface area contributed by atoms with Crippen LogP contribution in [-0.2, 0) is 26.0 Å². The zero-order valence-electron chi connectivity index (χ0n) is 17.3. The molecule has 0 bridgehead atoms. The Balaban J connectivity index is 1.73. The van der Waals surface area contributed by atoms with Crippen molar-refractivity contribution in [3.63, 3.8) is 0 Å². The van der Waals surface area contributed by atoms with Gasteiger partial charge in [-0.25, -0.2) is 18.2 Å². The molecule has 2 N–H and O–H groups in total. The van der Waals surface area contributed by atoms with Crippen molar-refractivity contribution in [3.05, 3.63) is 41.2 Å². The highest BCUT2D eigenvalue weighted by atomic mass is 32.2. The molecule has 8 nitrogen and oxygen atoms in total. The largest absolute Gasteiger partial charge is 0.372 e. The molecule has 1 saturated heterocycles. The Labute approximate surface area is 171 Å². The van der Waals surface area contributed by atoms with E-state index in [2.05, 4.69) is 5.10 Å². The zero-order valence-corrected chi connectivity index (χ0v) is 18.1. The van der Waals surface area contributed by atoms with Crippen LogP contribution >= 0.6 is 0 Å². The lowest BCUT2D eigenvalue weighted by molar-refractivity contribution is -0.145. The molecule has 0 unspecified atom stereocenters. The molecular weight excluding hydrogens is 392 g/mol. The maximum atomic E-state index is 12.7. The first-order valence-electron chi connectivity index (χ1n) is 9.58. The van der Waals surface area contributed by atoms with Gasteiger partial charge in [0.05, 0.1) is 28.5 Å². The number of aromatic nitrogens is 2. The van der Waals surface area contributed by atoms with Crippen LogP contribution in [0.3, 0.4) is 0 Å². The molecule has 29 heavy (non-hydrogen) atoms. The molecule has 0 saturated carbocycles. The summed E-state index contributed by atoms with van der Waals surface area (Å²) in [5, 5.41) is 9.73. The van der Waals surface area contributed by atoms with Crippen molar-refractivity contribution in [1.29, 1.82) is 0 Å². The number of nitrogens with zero attached hydrogens (tertiary/aromatic N) is 3. The SMILES string of the molecule is Cc1nn(-c2ccc(S(N)(=O)=O)cc2)c(C)c1CCC(=O)N1CCOC(C)(C)C1. The molecule has 1 aliphatic heterocycles. The number of carbonyl (C=O) groups is 1. The molecule has 9 heteroatoms. The molecule has 1 aromatic carbocycles. The van der Waals surface area contributed by atoms with E-state index in [4.69, 9.17) is 9.88 Å². The van der Waals surface area contributed by atoms with Crippen molar-refractivity contribution in [2.24, 2.45) is 5.14 Å². The van der Waals surface area contributed by atoms with E-state index in [1.165, 1.54) is 12.1 Å². The molecule has 0 spiro atoms.